The summed E-state index contributed by atoms with van der Waals surface area (Å²) in [5, 5.41) is 0.798. The van der Waals surface area contributed by atoms with Crippen molar-refractivity contribution in [3.8, 4) is 5.75 Å². The van der Waals surface area contributed by atoms with Crippen LogP contribution >= 0.6 is 23.4 Å². The number of hydrogen-bond donors (Lipinski definition) is 0. The fourth-order valence-electron chi connectivity index (χ4n) is 4.24. The summed E-state index contributed by atoms with van der Waals surface area (Å²) in [7, 11) is 1.53. The van der Waals surface area contributed by atoms with E-state index in [0.717, 1.165) is 19.3 Å². The van der Waals surface area contributed by atoms with Gasteiger partial charge in [-0.1, -0.05) is 23.4 Å². The highest BCUT2D eigenvalue weighted by Crippen LogP contribution is 2.35. The molecule has 2 aliphatic heterocycles. The van der Waals surface area contributed by atoms with E-state index in [1.54, 1.807) is 36.4 Å². The van der Waals surface area contributed by atoms with Crippen molar-refractivity contribution in [2.24, 2.45) is 4.99 Å². The van der Waals surface area contributed by atoms with Crippen molar-refractivity contribution in [1.29, 1.82) is 0 Å². The number of halogens is 1. The molecule has 174 valence electrons. The van der Waals surface area contributed by atoms with Gasteiger partial charge in [-0.05, 0) is 63.4 Å². The highest BCUT2D eigenvalue weighted by atomic mass is 35.5. The molecule has 33 heavy (non-hydrogen) atoms. The Bertz CT molecular complexity index is 1090. The highest BCUT2D eigenvalue weighted by molar-refractivity contribution is 8.14. The molecule has 4 rings (SSSR count). The zero-order chi connectivity index (χ0) is 23.5. The predicted molar refractivity (Wildman–Crippen MR) is 132 cm³/mol. The number of carbonyl (C=O) groups excluding carboxylic acids is 2. The van der Waals surface area contributed by atoms with Gasteiger partial charge in [0.15, 0.2) is 5.17 Å². The topological polar surface area (TPSA) is 75.3 Å². The number of methoxy groups -OCH3 is 1. The van der Waals surface area contributed by atoms with Crippen LogP contribution in [0.4, 0.5) is 5.69 Å². The van der Waals surface area contributed by atoms with Crippen LogP contribution in [-0.2, 0) is 9.59 Å². The van der Waals surface area contributed by atoms with E-state index in [1.807, 2.05) is 4.90 Å². The highest BCUT2D eigenvalue weighted by Gasteiger charge is 2.34. The van der Waals surface area contributed by atoms with Crippen molar-refractivity contribution in [2.75, 3.05) is 17.8 Å². The molecule has 0 spiro atoms. The van der Waals surface area contributed by atoms with Crippen molar-refractivity contribution in [3.05, 3.63) is 53.1 Å². The van der Waals surface area contributed by atoms with Gasteiger partial charge in [0.25, 0.3) is 5.91 Å². The van der Waals surface area contributed by atoms with Crippen LogP contribution in [0.1, 0.15) is 38.9 Å². The zero-order valence-corrected chi connectivity index (χ0v) is 20.4. The van der Waals surface area contributed by atoms with Crippen molar-refractivity contribution in [2.45, 2.75) is 45.2 Å². The van der Waals surface area contributed by atoms with Crippen LogP contribution in [0.2, 0.25) is 5.02 Å². The van der Waals surface area contributed by atoms with Gasteiger partial charge in [-0.3, -0.25) is 14.5 Å². The Morgan fingerprint density at radius 2 is 2.06 bits per heavy atom. The van der Waals surface area contributed by atoms with E-state index in [9.17, 15) is 9.59 Å². The summed E-state index contributed by atoms with van der Waals surface area (Å²) in [5.41, 5.74) is 0.776. The molecule has 0 N–H and O–H groups in total. The normalized spacial score (nSPS) is 22.1. The van der Waals surface area contributed by atoms with Crippen molar-refractivity contribution in [3.63, 3.8) is 0 Å². The average Bonchev–Trinajstić information content (AvgIpc) is 3.40. The number of carbonyl (C=O) groups is 2. The third-order valence-corrected chi connectivity index (χ3v) is 7.07. The third-order valence-electron chi connectivity index (χ3n) is 5.85. The molecule has 7 nitrogen and oxygen atoms in total. The van der Waals surface area contributed by atoms with Crippen LogP contribution in [0.15, 0.2) is 51.7 Å². The number of nitrogens with zero attached hydrogens (tertiary/aromatic N) is 3. The van der Waals surface area contributed by atoms with Crippen molar-refractivity contribution >= 4 is 52.1 Å². The molecule has 0 aliphatic carbocycles. The Labute approximate surface area is 202 Å². The van der Waals surface area contributed by atoms with E-state index in [2.05, 4.69) is 18.8 Å². The van der Waals surface area contributed by atoms with Crippen LogP contribution in [0, 0.1) is 0 Å². The number of rotatable bonds is 5. The second-order valence-corrected chi connectivity index (χ2v) is 9.47. The molecule has 1 aromatic heterocycles. The van der Waals surface area contributed by atoms with Crippen LogP contribution < -0.4 is 9.64 Å². The number of amides is 2. The molecule has 9 heteroatoms. The summed E-state index contributed by atoms with van der Waals surface area (Å²) in [6.07, 6.45) is 6.27. The van der Waals surface area contributed by atoms with Gasteiger partial charge in [-0.15, -0.1) is 0 Å². The minimum atomic E-state index is -0.317. The summed E-state index contributed by atoms with van der Waals surface area (Å²) in [6, 6.07) is 9.00. The van der Waals surface area contributed by atoms with Gasteiger partial charge in [0.1, 0.15) is 17.2 Å². The number of benzene rings is 1. The number of furan rings is 1. The van der Waals surface area contributed by atoms with Gasteiger partial charge in [-0.2, -0.15) is 0 Å². The van der Waals surface area contributed by atoms with E-state index in [1.165, 1.54) is 30.0 Å². The Kier molecular flexibility index (Phi) is 7.14. The van der Waals surface area contributed by atoms with Crippen LogP contribution in [0.3, 0.4) is 0 Å². The summed E-state index contributed by atoms with van der Waals surface area (Å²) >= 11 is 7.56. The monoisotopic (exact) mass is 487 g/mol. The lowest BCUT2D eigenvalue weighted by molar-refractivity contribution is -0.134. The molecule has 0 bridgehead atoms. The Morgan fingerprint density at radius 1 is 1.30 bits per heavy atom. The van der Waals surface area contributed by atoms with Gasteiger partial charge in [0, 0.05) is 18.2 Å². The summed E-state index contributed by atoms with van der Waals surface area (Å²) < 4.78 is 10.6. The number of ether oxygens (including phenoxy) is 1. The molecule has 1 fully saturated rings. The van der Waals surface area contributed by atoms with Crippen LogP contribution in [-0.4, -0.2) is 46.8 Å². The summed E-state index contributed by atoms with van der Waals surface area (Å²) in [5.74, 6) is 0.948. The summed E-state index contributed by atoms with van der Waals surface area (Å²) in [4.78, 5) is 34.3. The molecule has 2 aromatic rings. The SMILES string of the molecule is COc1ccc(N2C(=O)/C(=C\c3ccco3)N=C2SCC(=O)N2[C@@H](C)CCC[C@@H]2C)cc1Cl. The van der Waals surface area contributed by atoms with Crippen molar-refractivity contribution < 1.29 is 18.7 Å². The largest absolute Gasteiger partial charge is 0.495 e. The Morgan fingerprint density at radius 3 is 2.70 bits per heavy atom. The maximum Gasteiger partial charge on any atom is 0.283 e. The van der Waals surface area contributed by atoms with Gasteiger partial charge >= 0.3 is 0 Å². The maximum absolute atomic E-state index is 13.3. The molecule has 0 radical (unpaired) electrons. The second kappa shape index (κ2) is 10.1. The molecule has 0 saturated carbocycles. The number of anilines is 1. The number of amidine groups is 1. The average molecular weight is 488 g/mol. The molecule has 1 saturated heterocycles. The standard InChI is InChI=1S/C24H26ClN3O4S/c1-15-6-4-7-16(2)27(15)22(29)14-33-24-26-20(13-18-8-5-11-32-18)23(30)28(24)17-9-10-21(31-3)19(25)12-17/h5,8-13,15-16H,4,6-7,14H2,1-3H3/b20-13+/t15-,16-/m0/s1. The van der Waals surface area contributed by atoms with Gasteiger partial charge < -0.3 is 14.1 Å². The number of piperidine rings is 1. The fourth-order valence-corrected chi connectivity index (χ4v) is 5.37. The van der Waals surface area contributed by atoms with Gasteiger partial charge in [0.05, 0.1) is 29.8 Å². The van der Waals surface area contributed by atoms with Crippen LogP contribution in [0.25, 0.3) is 6.08 Å². The number of likely N-dealkylation sites (tertiary alicyclic amines) is 1. The van der Waals surface area contributed by atoms with E-state index in [4.69, 9.17) is 20.8 Å². The lowest BCUT2D eigenvalue weighted by Gasteiger charge is -2.39. The number of aliphatic imine (C=N–C) groups is 1. The molecule has 2 amide bonds. The van der Waals surface area contributed by atoms with E-state index in [0.29, 0.717) is 27.4 Å². The van der Waals surface area contributed by atoms with E-state index < -0.39 is 0 Å². The first-order valence-corrected chi connectivity index (χ1v) is 12.2. The third kappa shape index (κ3) is 4.96. The lowest BCUT2D eigenvalue weighted by atomic mass is 9.98. The minimum Gasteiger partial charge on any atom is -0.495 e. The first-order chi connectivity index (χ1) is 15.9. The molecule has 0 unspecified atom stereocenters. The smallest absolute Gasteiger partial charge is 0.283 e. The summed E-state index contributed by atoms with van der Waals surface area (Å²) in [6.45, 7) is 4.18. The first-order valence-electron chi connectivity index (χ1n) is 10.8. The van der Waals surface area contributed by atoms with E-state index in [-0.39, 0.29) is 35.3 Å². The molecular weight excluding hydrogens is 462 g/mol. The van der Waals surface area contributed by atoms with E-state index >= 15 is 0 Å². The Hall–Kier alpha value is -2.71. The molecule has 2 atom stereocenters. The molecule has 2 aliphatic rings. The first kappa shape index (κ1) is 23.4. The van der Waals surface area contributed by atoms with Gasteiger partial charge in [0.2, 0.25) is 5.91 Å². The zero-order valence-electron chi connectivity index (χ0n) is 18.8. The second-order valence-electron chi connectivity index (χ2n) is 8.12. The van der Waals surface area contributed by atoms with Gasteiger partial charge in [-0.25, -0.2) is 4.99 Å². The van der Waals surface area contributed by atoms with Crippen molar-refractivity contribution in [1.82, 2.24) is 4.90 Å². The van der Waals surface area contributed by atoms with Crippen LogP contribution in [0.5, 0.6) is 5.75 Å². The molecular formula is C24H26ClN3O4S. The number of hydrogen-bond acceptors (Lipinski definition) is 6. The predicted octanol–water partition coefficient (Wildman–Crippen LogP) is 5.21. The quantitative estimate of drug-likeness (QED) is 0.541. The molecule has 3 heterocycles. The minimum absolute atomic E-state index is 0.0472. The number of thioether (sulfide) groups is 1. The fraction of sp³-hybridized carbons (Fsp3) is 0.375. The lowest BCUT2D eigenvalue weighted by Crippen LogP contribution is -2.48. The Balaban J connectivity index is 1.60. The molecule has 1 aromatic carbocycles. The maximum atomic E-state index is 13.3.